The first-order valence-electron chi connectivity index (χ1n) is 6.28. The fourth-order valence-electron chi connectivity index (χ4n) is 1.75. The molecular formula is C16H16N2O2. The van der Waals surface area contributed by atoms with Gasteiger partial charge in [-0.2, -0.15) is 0 Å². The lowest BCUT2D eigenvalue weighted by molar-refractivity contribution is -0.121. The molecule has 1 aromatic rings. The number of allylic oxidation sites excluding steroid dienone is 3. The highest BCUT2D eigenvalue weighted by atomic mass is 16.3. The van der Waals surface area contributed by atoms with Gasteiger partial charge in [0, 0.05) is 7.05 Å². The number of phenolic OH excluding ortho intramolecular Hbond substituents is 1. The summed E-state index contributed by atoms with van der Waals surface area (Å²) in [5.41, 5.74) is 1.21. The third kappa shape index (κ3) is 3.03. The Hall–Kier alpha value is -2.62. The molecule has 0 bridgehead atoms. The second kappa shape index (κ2) is 6.02. The van der Waals surface area contributed by atoms with Crippen LogP contribution in [0.15, 0.2) is 59.3 Å². The van der Waals surface area contributed by atoms with Crippen molar-refractivity contribution < 1.29 is 9.90 Å². The van der Waals surface area contributed by atoms with E-state index in [4.69, 9.17) is 0 Å². The van der Waals surface area contributed by atoms with E-state index in [9.17, 15) is 9.90 Å². The Bertz CT molecular complexity index is 622. The average Bonchev–Trinajstić information content (AvgIpc) is 2.70. The number of rotatable bonds is 3. The van der Waals surface area contributed by atoms with Crippen LogP contribution in [0.3, 0.4) is 0 Å². The van der Waals surface area contributed by atoms with Crippen LogP contribution in [0.2, 0.25) is 0 Å². The van der Waals surface area contributed by atoms with Gasteiger partial charge >= 0.3 is 0 Å². The molecular weight excluding hydrogens is 252 g/mol. The van der Waals surface area contributed by atoms with Crippen LogP contribution in [0.1, 0.15) is 12.5 Å². The van der Waals surface area contributed by atoms with Crippen molar-refractivity contribution in [1.29, 1.82) is 0 Å². The van der Waals surface area contributed by atoms with E-state index in [2.05, 4.69) is 4.99 Å². The molecule has 1 heterocycles. The van der Waals surface area contributed by atoms with Gasteiger partial charge in [0.25, 0.3) is 5.91 Å². The Morgan fingerprint density at radius 1 is 1.20 bits per heavy atom. The number of hydrogen-bond acceptors (Lipinski definition) is 3. The van der Waals surface area contributed by atoms with Crippen LogP contribution in [-0.4, -0.2) is 28.8 Å². The molecule has 0 unspecified atom stereocenters. The zero-order valence-electron chi connectivity index (χ0n) is 11.4. The topological polar surface area (TPSA) is 52.9 Å². The lowest BCUT2D eigenvalue weighted by Crippen LogP contribution is -2.26. The number of aliphatic imine (C=N–C) groups is 1. The first-order chi connectivity index (χ1) is 9.61. The van der Waals surface area contributed by atoms with E-state index in [0.29, 0.717) is 11.5 Å². The van der Waals surface area contributed by atoms with Gasteiger partial charge in [0.15, 0.2) is 0 Å². The first kappa shape index (κ1) is 13.8. The lowest BCUT2D eigenvalue weighted by Gasteiger charge is -2.07. The van der Waals surface area contributed by atoms with Gasteiger partial charge in [-0.25, -0.2) is 4.99 Å². The van der Waals surface area contributed by atoms with E-state index in [1.54, 1.807) is 43.5 Å². The Balaban J connectivity index is 2.27. The third-order valence-corrected chi connectivity index (χ3v) is 2.85. The van der Waals surface area contributed by atoms with Crippen LogP contribution in [0.4, 0.5) is 0 Å². The first-order valence-corrected chi connectivity index (χ1v) is 6.28. The molecule has 102 valence electrons. The standard InChI is InChI=1S/C16H16N2O2/c1-3-4-5-6-15-17-14(16(20)18(15)2)11-12-7-9-13(19)10-8-12/h3-11,19H,1-2H3/b4-3+,6-5+,14-11+. The zero-order valence-corrected chi connectivity index (χ0v) is 11.4. The smallest absolute Gasteiger partial charge is 0.277 e. The molecule has 0 aromatic heterocycles. The van der Waals surface area contributed by atoms with E-state index in [-0.39, 0.29) is 11.7 Å². The number of hydrogen-bond donors (Lipinski definition) is 1. The van der Waals surface area contributed by atoms with Crippen molar-refractivity contribution >= 4 is 17.8 Å². The quantitative estimate of drug-likeness (QED) is 0.677. The summed E-state index contributed by atoms with van der Waals surface area (Å²) in [5.74, 6) is 0.664. The molecule has 0 saturated carbocycles. The van der Waals surface area contributed by atoms with Crippen molar-refractivity contribution in [3.63, 3.8) is 0 Å². The number of aromatic hydroxyl groups is 1. The van der Waals surface area contributed by atoms with Crippen molar-refractivity contribution in [2.75, 3.05) is 7.05 Å². The van der Waals surface area contributed by atoms with Crippen molar-refractivity contribution in [3.8, 4) is 5.75 Å². The number of phenols is 1. The van der Waals surface area contributed by atoms with Crippen LogP contribution in [0, 0.1) is 0 Å². The van der Waals surface area contributed by atoms with E-state index in [0.717, 1.165) is 5.56 Å². The number of carbonyl (C=O) groups excluding carboxylic acids is 1. The summed E-state index contributed by atoms with van der Waals surface area (Å²) in [6, 6.07) is 6.62. The molecule has 0 spiro atoms. The molecule has 4 nitrogen and oxygen atoms in total. The van der Waals surface area contributed by atoms with Gasteiger partial charge in [0.1, 0.15) is 17.3 Å². The predicted molar refractivity (Wildman–Crippen MR) is 80.2 cm³/mol. The van der Waals surface area contributed by atoms with Gasteiger partial charge in [-0.05, 0) is 36.8 Å². The number of amidine groups is 1. The Kier molecular flexibility index (Phi) is 4.15. The van der Waals surface area contributed by atoms with Crippen molar-refractivity contribution in [2.45, 2.75) is 6.92 Å². The maximum Gasteiger partial charge on any atom is 0.277 e. The molecule has 2 rings (SSSR count). The highest BCUT2D eigenvalue weighted by Gasteiger charge is 2.24. The number of nitrogens with zero attached hydrogens (tertiary/aromatic N) is 2. The monoisotopic (exact) mass is 268 g/mol. The van der Waals surface area contributed by atoms with Crippen LogP contribution in [0.5, 0.6) is 5.75 Å². The maximum atomic E-state index is 12.1. The molecule has 1 N–H and O–H groups in total. The summed E-state index contributed by atoms with van der Waals surface area (Å²) in [7, 11) is 1.69. The third-order valence-electron chi connectivity index (χ3n) is 2.85. The molecule has 1 amide bonds. The predicted octanol–water partition coefficient (Wildman–Crippen LogP) is 2.74. The second-order valence-corrected chi connectivity index (χ2v) is 4.34. The molecule has 0 saturated heterocycles. The highest BCUT2D eigenvalue weighted by molar-refractivity contribution is 6.17. The van der Waals surface area contributed by atoms with Crippen molar-refractivity contribution in [1.82, 2.24) is 4.90 Å². The van der Waals surface area contributed by atoms with Crippen LogP contribution in [-0.2, 0) is 4.79 Å². The molecule has 0 aliphatic carbocycles. The molecule has 20 heavy (non-hydrogen) atoms. The van der Waals surface area contributed by atoms with Crippen LogP contribution < -0.4 is 0 Å². The summed E-state index contributed by atoms with van der Waals surface area (Å²) in [4.78, 5) is 17.9. The summed E-state index contributed by atoms with van der Waals surface area (Å²) in [5, 5.41) is 9.24. The van der Waals surface area contributed by atoms with Gasteiger partial charge in [0.05, 0.1) is 0 Å². The molecule has 1 aliphatic rings. The summed E-state index contributed by atoms with van der Waals surface area (Å²) >= 11 is 0. The van der Waals surface area contributed by atoms with E-state index in [1.807, 2.05) is 25.2 Å². The molecule has 0 radical (unpaired) electrons. The van der Waals surface area contributed by atoms with Crippen LogP contribution >= 0.6 is 0 Å². The fraction of sp³-hybridized carbons (Fsp3) is 0.125. The maximum absolute atomic E-state index is 12.1. The van der Waals surface area contributed by atoms with Crippen LogP contribution in [0.25, 0.3) is 6.08 Å². The van der Waals surface area contributed by atoms with Gasteiger partial charge in [-0.3, -0.25) is 9.69 Å². The van der Waals surface area contributed by atoms with Gasteiger partial charge in [-0.1, -0.05) is 30.4 Å². The van der Waals surface area contributed by atoms with E-state index in [1.165, 1.54) is 4.90 Å². The summed E-state index contributed by atoms with van der Waals surface area (Å²) in [6.07, 6.45) is 9.11. The SMILES string of the molecule is C/C=C/C=C/C1=NC(=C/c2ccc(O)cc2)/C(=O)N1C. The minimum atomic E-state index is -0.141. The minimum absolute atomic E-state index is 0.141. The van der Waals surface area contributed by atoms with E-state index >= 15 is 0 Å². The molecule has 1 aliphatic heterocycles. The number of amides is 1. The van der Waals surface area contributed by atoms with Gasteiger partial charge < -0.3 is 5.11 Å². The van der Waals surface area contributed by atoms with Crippen molar-refractivity contribution in [3.05, 3.63) is 59.8 Å². The Morgan fingerprint density at radius 2 is 1.90 bits per heavy atom. The average molecular weight is 268 g/mol. The number of carbonyl (C=O) groups is 1. The highest BCUT2D eigenvalue weighted by Crippen LogP contribution is 2.19. The second-order valence-electron chi connectivity index (χ2n) is 4.34. The summed E-state index contributed by atoms with van der Waals surface area (Å²) < 4.78 is 0. The normalized spacial score (nSPS) is 17.7. The molecule has 0 fully saturated rings. The lowest BCUT2D eigenvalue weighted by atomic mass is 10.2. The Labute approximate surface area is 118 Å². The minimum Gasteiger partial charge on any atom is -0.508 e. The van der Waals surface area contributed by atoms with E-state index < -0.39 is 0 Å². The fourth-order valence-corrected chi connectivity index (χ4v) is 1.75. The zero-order chi connectivity index (χ0) is 14.5. The van der Waals surface area contributed by atoms with Crippen molar-refractivity contribution in [2.24, 2.45) is 4.99 Å². The van der Waals surface area contributed by atoms with Gasteiger partial charge in [-0.15, -0.1) is 0 Å². The van der Waals surface area contributed by atoms with Gasteiger partial charge in [0.2, 0.25) is 0 Å². The number of likely N-dealkylation sites (N-methyl/N-ethyl adjacent to an activating group) is 1. The largest absolute Gasteiger partial charge is 0.508 e. The molecule has 1 aromatic carbocycles. The number of benzene rings is 1. The molecule has 0 atom stereocenters. The Morgan fingerprint density at radius 3 is 2.55 bits per heavy atom. The summed E-state index contributed by atoms with van der Waals surface area (Å²) in [6.45, 7) is 1.92. The molecule has 4 heteroatoms.